The molecule has 1 aliphatic carbocycles. The zero-order valence-electron chi connectivity index (χ0n) is 13.5. The fourth-order valence-corrected chi connectivity index (χ4v) is 4.13. The lowest BCUT2D eigenvalue weighted by Gasteiger charge is -2.33. The second kappa shape index (κ2) is 5.68. The fourth-order valence-electron chi connectivity index (χ4n) is 3.77. The molecule has 0 radical (unpaired) electrons. The van der Waals surface area contributed by atoms with E-state index >= 15 is 0 Å². The predicted molar refractivity (Wildman–Crippen MR) is 95.8 cm³/mol. The molecule has 2 N–H and O–H groups in total. The number of Topliss-reactive ketones (excluding diaryl/α,β-unsaturated/α-hetero) is 1. The molecule has 0 aromatic heterocycles. The number of benzene rings is 2. The molecule has 0 saturated carbocycles. The number of hydrogen-bond acceptors (Lipinski definition) is 4. The lowest BCUT2D eigenvalue weighted by atomic mass is 9.71. The van der Waals surface area contributed by atoms with E-state index in [4.69, 9.17) is 4.74 Å². The predicted octanol–water partition coefficient (Wildman–Crippen LogP) is 3.04. The van der Waals surface area contributed by atoms with Gasteiger partial charge in [-0.1, -0.05) is 22.0 Å². The number of aliphatic hydroxyl groups is 1. The number of halogens is 1. The molecule has 1 amide bonds. The van der Waals surface area contributed by atoms with Crippen LogP contribution in [0.5, 0.6) is 5.75 Å². The molecule has 2 aliphatic rings. The van der Waals surface area contributed by atoms with Crippen LogP contribution in [0.15, 0.2) is 40.9 Å². The van der Waals surface area contributed by atoms with Crippen LogP contribution in [0.1, 0.15) is 27.9 Å². The van der Waals surface area contributed by atoms with Gasteiger partial charge in [0.15, 0.2) is 11.4 Å². The van der Waals surface area contributed by atoms with Gasteiger partial charge in [0, 0.05) is 21.3 Å². The third-order valence-corrected chi connectivity index (χ3v) is 5.59. The Balaban J connectivity index is 1.81. The van der Waals surface area contributed by atoms with Crippen LogP contribution < -0.4 is 10.1 Å². The minimum Gasteiger partial charge on any atom is -0.497 e. The summed E-state index contributed by atoms with van der Waals surface area (Å²) in [5, 5.41) is 14.0. The minimum atomic E-state index is -1.86. The molecule has 2 atom stereocenters. The molecular formula is C19H16BrNO4. The molecule has 0 saturated heterocycles. The van der Waals surface area contributed by atoms with Crippen LogP contribution in [0, 0.1) is 5.92 Å². The molecular weight excluding hydrogens is 386 g/mol. The molecule has 4 rings (SSSR count). The first-order chi connectivity index (χ1) is 11.9. The molecule has 6 heteroatoms. The van der Waals surface area contributed by atoms with Crippen molar-refractivity contribution in [2.75, 3.05) is 12.4 Å². The van der Waals surface area contributed by atoms with Crippen molar-refractivity contribution in [1.29, 1.82) is 0 Å². The van der Waals surface area contributed by atoms with E-state index in [1.54, 1.807) is 24.3 Å². The van der Waals surface area contributed by atoms with Gasteiger partial charge in [-0.25, -0.2) is 0 Å². The van der Waals surface area contributed by atoms with E-state index in [0.717, 1.165) is 10.0 Å². The van der Waals surface area contributed by atoms with Crippen molar-refractivity contribution in [2.45, 2.75) is 18.4 Å². The average Bonchev–Trinajstić information content (AvgIpc) is 2.86. The Morgan fingerprint density at radius 2 is 2.04 bits per heavy atom. The first-order valence-corrected chi connectivity index (χ1v) is 8.79. The number of carbonyl (C=O) groups is 2. The summed E-state index contributed by atoms with van der Waals surface area (Å²) in [6.07, 6.45) is 1.03. The molecule has 0 fully saturated rings. The zero-order chi connectivity index (χ0) is 17.8. The molecule has 25 heavy (non-hydrogen) atoms. The smallest absolute Gasteiger partial charge is 0.261 e. The summed E-state index contributed by atoms with van der Waals surface area (Å²) in [7, 11) is 1.54. The molecule has 2 aromatic rings. The molecule has 128 valence electrons. The van der Waals surface area contributed by atoms with Crippen molar-refractivity contribution in [3.05, 3.63) is 57.6 Å². The number of rotatable bonds is 2. The van der Waals surface area contributed by atoms with E-state index in [1.807, 2.05) is 12.1 Å². The van der Waals surface area contributed by atoms with Crippen LogP contribution in [0.2, 0.25) is 0 Å². The van der Waals surface area contributed by atoms with E-state index in [0.29, 0.717) is 35.4 Å². The van der Waals surface area contributed by atoms with E-state index < -0.39 is 17.4 Å². The van der Waals surface area contributed by atoms with Crippen molar-refractivity contribution in [2.24, 2.45) is 5.92 Å². The van der Waals surface area contributed by atoms with Gasteiger partial charge in [0.05, 0.1) is 13.0 Å². The Bertz CT molecular complexity index is 910. The number of ether oxygens (including phenoxy) is 1. The van der Waals surface area contributed by atoms with Gasteiger partial charge in [0.1, 0.15) is 5.75 Å². The SMILES string of the molecule is COc1ccc2c(c1)C(=O)[C@H]([C@@]1(O)C(=O)Nc3ccc(Br)cc31)CC2. The van der Waals surface area contributed by atoms with Gasteiger partial charge in [-0.2, -0.15) is 0 Å². The number of ketones is 1. The van der Waals surface area contributed by atoms with Crippen LogP contribution in [0.3, 0.4) is 0 Å². The quantitative estimate of drug-likeness (QED) is 0.810. The lowest BCUT2D eigenvalue weighted by Crippen LogP contribution is -2.47. The highest BCUT2D eigenvalue weighted by Gasteiger charge is 2.54. The summed E-state index contributed by atoms with van der Waals surface area (Å²) in [5.74, 6) is -1.03. The summed E-state index contributed by atoms with van der Waals surface area (Å²) in [4.78, 5) is 25.7. The van der Waals surface area contributed by atoms with Gasteiger partial charge in [0.2, 0.25) is 0 Å². The number of amides is 1. The Kier molecular flexibility index (Phi) is 3.70. The number of carbonyl (C=O) groups excluding carboxylic acids is 2. The van der Waals surface area contributed by atoms with Crippen LogP contribution in [0.4, 0.5) is 5.69 Å². The highest BCUT2D eigenvalue weighted by molar-refractivity contribution is 9.10. The van der Waals surface area contributed by atoms with E-state index in [2.05, 4.69) is 21.2 Å². The number of hydrogen-bond donors (Lipinski definition) is 2. The molecule has 0 spiro atoms. The number of fused-ring (bicyclic) bond motifs is 2. The second-order valence-electron chi connectivity index (χ2n) is 6.39. The first kappa shape index (κ1) is 16.3. The third-order valence-electron chi connectivity index (χ3n) is 5.09. The van der Waals surface area contributed by atoms with Crippen molar-refractivity contribution in [3.63, 3.8) is 0 Å². The summed E-state index contributed by atoms with van der Waals surface area (Å²) in [6, 6.07) is 10.6. The number of aryl methyl sites for hydroxylation is 1. The molecule has 2 aromatic carbocycles. The van der Waals surface area contributed by atoms with Crippen LogP contribution >= 0.6 is 15.9 Å². The number of nitrogens with one attached hydrogen (secondary N) is 1. The van der Waals surface area contributed by atoms with Crippen molar-refractivity contribution in [1.82, 2.24) is 0 Å². The van der Waals surface area contributed by atoms with Crippen molar-refractivity contribution < 1.29 is 19.4 Å². The van der Waals surface area contributed by atoms with Crippen molar-refractivity contribution >= 4 is 33.3 Å². The summed E-state index contributed by atoms with van der Waals surface area (Å²) >= 11 is 3.37. The largest absolute Gasteiger partial charge is 0.497 e. The molecule has 1 aliphatic heterocycles. The highest BCUT2D eigenvalue weighted by atomic mass is 79.9. The standard InChI is InChI=1S/C19H16BrNO4/c1-25-12-5-2-10-3-6-14(17(22)13(10)9-12)19(24)15-8-11(20)4-7-16(15)21-18(19)23/h2,4-5,7-9,14,24H,3,6H2,1H3,(H,21,23)/t14-,19+/m1/s1. The summed E-state index contributed by atoms with van der Waals surface area (Å²) in [6.45, 7) is 0. The summed E-state index contributed by atoms with van der Waals surface area (Å²) in [5.41, 5.74) is 0.548. The number of anilines is 1. The Morgan fingerprint density at radius 1 is 1.24 bits per heavy atom. The average molecular weight is 402 g/mol. The monoisotopic (exact) mass is 401 g/mol. The topological polar surface area (TPSA) is 75.6 Å². The normalized spacial score (nSPS) is 24.5. The molecule has 0 bridgehead atoms. The van der Waals surface area contributed by atoms with Crippen LogP contribution in [0.25, 0.3) is 0 Å². The third kappa shape index (κ3) is 2.32. The van der Waals surface area contributed by atoms with Crippen LogP contribution in [-0.4, -0.2) is 23.9 Å². The molecule has 1 heterocycles. The van der Waals surface area contributed by atoms with E-state index in [1.165, 1.54) is 7.11 Å². The van der Waals surface area contributed by atoms with Gasteiger partial charge in [-0.3, -0.25) is 9.59 Å². The van der Waals surface area contributed by atoms with Gasteiger partial charge >= 0.3 is 0 Å². The maximum absolute atomic E-state index is 13.1. The second-order valence-corrected chi connectivity index (χ2v) is 7.30. The highest BCUT2D eigenvalue weighted by Crippen LogP contribution is 2.46. The maximum Gasteiger partial charge on any atom is 0.261 e. The minimum absolute atomic E-state index is 0.231. The Hall–Kier alpha value is -2.18. The molecule has 0 unspecified atom stereocenters. The van der Waals surface area contributed by atoms with Gasteiger partial charge in [-0.15, -0.1) is 0 Å². The summed E-state index contributed by atoms with van der Waals surface area (Å²) < 4.78 is 5.95. The fraction of sp³-hybridized carbons (Fsp3) is 0.263. The van der Waals surface area contributed by atoms with Gasteiger partial charge in [0.25, 0.3) is 5.91 Å². The first-order valence-electron chi connectivity index (χ1n) is 8.00. The number of methoxy groups -OCH3 is 1. The Morgan fingerprint density at radius 3 is 2.80 bits per heavy atom. The van der Waals surface area contributed by atoms with Gasteiger partial charge in [-0.05, 0) is 48.7 Å². The van der Waals surface area contributed by atoms with E-state index in [-0.39, 0.29) is 5.78 Å². The van der Waals surface area contributed by atoms with Crippen molar-refractivity contribution in [3.8, 4) is 5.75 Å². The zero-order valence-corrected chi connectivity index (χ0v) is 15.1. The molecule has 5 nitrogen and oxygen atoms in total. The van der Waals surface area contributed by atoms with Gasteiger partial charge < -0.3 is 15.2 Å². The van der Waals surface area contributed by atoms with E-state index in [9.17, 15) is 14.7 Å². The Labute approximate surface area is 153 Å². The van der Waals surface area contributed by atoms with Crippen LogP contribution in [-0.2, 0) is 16.8 Å². The maximum atomic E-state index is 13.1. The lowest BCUT2D eigenvalue weighted by molar-refractivity contribution is -0.138.